The van der Waals surface area contributed by atoms with Crippen LogP contribution in [0.4, 0.5) is 0 Å². The van der Waals surface area contributed by atoms with Gasteiger partial charge in [-0.1, -0.05) is 23.7 Å². The predicted molar refractivity (Wildman–Crippen MR) is 78.3 cm³/mol. The fourth-order valence-electron chi connectivity index (χ4n) is 3.01. The summed E-state index contributed by atoms with van der Waals surface area (Å²) in [4.78, 5) is 13.4. The van der Waals surface area contributed by atoms with Crippen LogP contribution in [-0.4, -0.2) is 30.4 Å². The Labute approximate surface area is 119 Å². The van der Waals surface area contributed by atoms with Crippen LogP contribution in [0.2, 0.25) is 5.02 Å². The first-order valence-electron chi connectivity index (χ1n) is 6.79. The number of hydrogen-bond donors (Lipinski definition) is 1. The van der Waals surface area contributed by atoms with Gasteiger partial charge in [-0.25, -0.2) is 0 Å². The van der Waals surface area contributed by atoms with E-state index >= 15 is 0 Å². The van der Waals surface area contributed by atoms with Crippen molar-refractivity contribution in [2.24, 2.45) is 5.73 Å². The summed E-state index contributed by atoms with van der Waals surface area (Å²) in [7, 11) is 0. The lowest BCUT2D eigenvalue weighted by molar-refractivity contribution is -0.130. The highest BCUT2D eigenvalue weighted by atomic mass is 35.5. The maximum Gasteiger partial charge on any atom is 0.219 e. The molecule has 0 bridgehead atoms. The van der Waals surface area contributed by atoms with Crippen LogP contribution in [-0.2, 0) is 10.2 Å². The molecule has 1 aliphatic rings. The van der Waals surface area contributed by atoms with Gasteiger partial charge >= 0.3 is 0 Å². The maximum absolute atomic E-state index is 11.4. The van der Waals surface area contributed by atoms with Gasteiger partial charge in [-0.05, 0) is 48.9 Å². The van der Waals surface area contributed by atoms with Crippen LogP contribution in [0.3, 0.4) is 0 Å². The number of hydrogen-bond acceptors (Lipinski definition) is 2. The summed E-state index contributed by atoms with van der Waals surface area (Å²) in [6.45, 7) is 3.94. The van der Waals surface area contributed by atoms with E-state index in [0.717, 1.165) is 37.4 Å². The molecule has 1 aliphatic heterocycles. The first-order valence-corrected chi connectivity index (χ1v) is 7.17. The van der Waals surface area contributed by atoms with Crippen molar-refractivity contribution in [1.82, 2.24) is 4.90 Å². The van der Waals surface area contributed by atoms with Crippen LogP contribution in [0, 0.1) is 0 Å². The van der Waals surface area contributed by atoms with E-state index in [-0.39, 0.29) is 11.3 Å². The van der Waals surface area contributed by atoms with Gasteiger partial charge in [-0.2, -0.15) is 0 Å². The minimum atomic E-state index is 0.102. The molecule has 19 heavy (non-hydrogen) atoms. The van der Waals surface area contributed by atoms with E-state index in [1.54, 1.807) is 6.92 Å². The molecule has 0 aromatic heterocycles. The summed E-state index contributed by atoms with van der Waals surface area (Å²) in [5.41, 5.74) is 7.20. The topological polar surface area (TPSA) is 46.3 Å². The Morgan fingerprint density at radius 2 is 1.89 bits per heavy atom. The molecule has 104 valence electrons. The van der Waals surface area contributed by atoms with Crippen molar-refractivity contribution in [3.8, 4) is 0 Å². The quantitative estimate of drug-likeness (QED) is 0.925. The van der Waals surface area contributed by atoms with Gasteiger partial charge in [0.15, 0.2) is 0 Å². The molecule has 0 saturated carbocycles. The van der Waals surface area contributed by atoms with Gasteiger partial charge in [0.1, 0.15) is 0 Å². The number of nitrogens with two attached hydrogens (primary N) is 1. The standard InChI is InChI=1S/C15H21ClN2O/c1-12(19)18-10-7-15(6-9-17,8-11-18)13-2-4-14(16)5-3-13/h2-5H,6-11,17H2,1H3. The zero-order chi connectivity index (χ0) is 13.9. The van der Waals surface area contributed by atoms with Crippen molar-refractivity contribution in [2.45, 2.75) is 31.6 Å². The summed E-state index contributed by atoms with van der Waals surface area (Å²) >= 11 is 5.96. The molecule has 0 radical (unpaired) electrons. The fourth-order valence-corrected chi connectivity index (χ4v) is 3.14. The van der Waals surface area contributed by atoms with Crippen LogP contribution < -0.4 is 5.73 Å². The van der Waals surface area contributed by atoms with Gasteiger partial charge in [-0.15, -0.1) is 0 Å². The van der Waals surface area contributed by atoms with Gasteiger partial charge < -0.3 is 10.6 Å². The van der Waals surface area contributed by atoms with Crippen LogP contribution in [0.15, 0.2) is 24.3 Å². The highest BCUT2D eigenvalue weighted by Crippen LogP contribution is 2.38. The Balaban J connectivity index is 2.20. The van der Waals surface area contributed by atoms with Gasteiger partial charge in [0.25, 0.3) is 0 Å². The molecule has 1 saturated heterocycles. The van der Waals surface area contributed by atoms with Gasteiger partial charge in [0.2, 0.25) is 5.91 Å². The average molecular weight is 281 g/mol. The molecule has 2 rings (SSSR count). The Morgan fingerprint density at radius 3 is 2.37 bits per heavy atom. The Hall–Kier alpha value is -1.06. The number of carbonyl (C=O) groups is 1. The van der Waals surface area contributed by atoms with Gasteiger partial charge in [0.05, 0.1) is 0 Å². The molecular formula is C15H21ClN2O. The van der Waals surface area contributed by atoms with Gasteiger partial charge in [-0.3, -0.25) is 4.79 Å². The van der Waals surface area contributed by atoms with E-state index in [0.29, 0.717) is 6.54 Å². The van der Waals surface area contributed by atoms with Crippen molar-refractivity contribution in [2.75, 3.05) is 19.6 Å². The van der Waals surface area contributed by atoms with Crippen molar-refractivity contribution in [1.29, 1.82) is 0 Å². The van der Waals surface area contributed by atoms with Crippen molar-refractivity contribution >= 4 is 17.5 Å². The molecule has 1 heterocycles. The lowest BCUT2D eigenvalue weighted by Gasteiger charge is -2.42. The van der Waals surface area contributed by atoms with Crippen LogP contribution in [0.5, 0.6) is 0 Å². The number of likely N-dealkylation sites (tertiary alicyclic amines) is 1. The third kappa shape index (κ3) is 3.10. The zero-order valence-electron chi connectivity index (χ0n) is 11.4. The number of amides is 1. The van der Waals surface area contributed by atoms with Crippen LogP contribution in [0.1, 0.15) is 31.7 Å². The van der Waals surface area contributed by atoms with Crippen LogP contribution >= 0.6 is 11.6 Å². The van der Waals surface area contributed by atoms with E-state index in [9.17, 15) is 4.79 Å². The molecule has 2 N–H and O–H groups in total. The molecule has 4 heteroatoms. The van der Waals surface area contributed by atoms with E-state index in [2.05, 4.69) is 12.1 Å². The molecule has 1 amide bonds. The number of nitrogens with zero attached hydrogens (tertiary/aromatic N) is 1. The number of piperidine rings is 1. The molecule has 0 unspecified atom stereocenters. The predicted octanol–water partition coefficient (Wildman–Crippen LogP) is 2.57. The summed E-state index contributed by atoms with van der Waals surface area (Å²) in [6.07, 6.45) is 2.91. The molecule has 0 atom stereocenters. The number of carbonyl (C=O) groups excluding carboxylic acids is 1. The molecule has 1 aromatic carbocycles. The molecular weight excluding hydrogens is 260 g/mol. The van der Waals surface area contributed by atoms with E-state index < -0.39 is 0 Å². The fraction of sp³-hybridized carbons (Fsp3) is 0.533. The van der Waals surface area contributed by atoms with Crippen LogP contribution in [0.25, 0.3) is 0 Å². The molecule has 0 spiro atoms. The normalized spacial score (nSPS) is 18.4. The SMILES string of the molecule is CC(=O)N1CCC(CCN)(c2ccc(Cl)cc2)CC1. The third-order valence-electron chi connectivity index (χ3n) is 4.25. The summed E-state index contributed by atoms with van der Waals surface area (Å²) in [6, 6.07) is 8.07. The van der Waals surface area contributed by atoms with Crippen molar-refractivity contribution in [3.05, 3.63) is 34.9 Å². The van der Waals surface area contributed by atoms with Crippen molar-refractivity contribution in [3.63, 3.8) is 0 Å². The Morgan fingerprint density at radius 1 is 1.32 bits per heavy atom. The second kappa shape index (κ2) is 5.93. The molecule has 0 aliphatic carbocycles. The lowest BCUT2D eigenvalue weighted by Crippen LogP contribution is -2.45. The lowest BCUT2D eigenvalue weighted by atomic mass is 9.70. The summed E-state index contributed by atoms with van der Waals surface area (Å²) < 4.78 is 0. The summed E-state index contributed by atoms with van der Waals surface area (Å²) in [5.74, 6) is 0.164. The van der Waals surface area contributed by atoms with Gasteiger partial charge in [0, 0.05) is 25.0 Å². The highest BCUT2D eigenvalue weighted by molar-refractivity contribution is 6.30. The van der Waals surface area contributed by atoms with E-state index in [4.69, 9.17) is 17.3 Å². The van der Waals surface area contributed by atoms with E-state index in [1.807, 2.05) is 17.0 Å². The third-order valence-corrected chi connectivity index (χ3v) is 4.50. The minimum Gasteiger partial charge on any atom is -0.343 e. The Bertz CT molecular complexity index is 436. The maximum atomic E-state index is 11.4. The number of benzene rings is 1. The zero-order valence-corrected chi connectivity index (χ0v) is 12.1. The molecule has 3 nitrogen and oxygen atoms in total. The number of rotatable bonds is 3. The molecule has 1 fully saturated rings. The Kier molecular flexibility index (Phi) is 4.48. The average Bonchev–Trinajstić information content (AvgIpc) is 2.40. The summed E-state index contributed by atoms with van der Waals surface area (Å²) in [5, 5.41) is 0.757. The largest absolute Gasteiger partial charge is 0.343 e. The molecule has 1 aromatic rings. The second-order valence-electron chi connectivity index (χ2n) is 5.33. The first kappa shape index (κ1) is 14.4. The smallest absolute Gasteiger partial charge is 0.219 e. The number of halogens is 1. The first-order chi connectivity index (χ1) is 9.07. The van der Waals surface area contributed by atoms with E-state index in [1.165, 1.54) is 5.56 Å². The second-order valence-corrected chi connectivity index (χ2v) is 5.77. The highest BCUT2D eigenvalue weighted by Gasteiger charge is 2.36. The minimum absolute atomic E-state index is 0.102. The van der Waals surface area contributed by atoms with Crippen molar-refractivity contribution < 1.29 is 4.79 Å². The monoisotopic (exact) mass is 280 g/mol.